The highest BCUT2D eigenvalue weighted by Crippen LogP contribution is 2.27. The number of benzene rings is 3. The topological polar surface area (TPSA) is 114 Å². The zero-order valence-corrected chi connectivity index (χ0v) is 16.1. The number of rotatable bonds is 5. The molecule has 0 radical (unpaired) electrons. The molecule has 0 atom stereocenters. The van der Waals surface area contributed by atoms with Crippen LogP contribution in [0.15, 0.2) is 85.1 Å². The molecule has 1 heterocycles. The van der Waals surface area contributed by atoms with E-state index in [-0.39, 0.29) is 11.3 Å². The van der Waals surface area contributed by atoms with Crippen molar-refractivity contribution in [2.24, 2.45) is 0 Å². The molecule has 150 valence electrons. The summed E-state index contributed by atoms with van der Waals surface area (Å²) in [5.74, 6) is -0.446. The molecular formula is C23H15N5O3. The smallest absolute Gasteiger partial charge is 0.269 e. The van der Waals surface area contributed by atoms with Gasteiger partial charge in [-0.25, -0.2) is 4.68 Å². The third-order valence-corrected chi connectivity index (χ3v) is 4.63. The molecule has 0 bridgehead atoms. The third-order valence-electron chi connectivity index (χ3n) is 4.63. The lowest BCUT2D eigenvalue weighted by atomic mass is 10.1. The van der Waals surface area contributed by atoms with E-state index in [0.29, 0.717) is 22.5 Å². The van der Waals surface area contributed by atoms with Gasteiger partial charge in [0.25, 0.3) is 11.6 Å². The summed E-state index contributed by atoms with van der Waals surface area (Å²) in [6.07, 6.45) is 1.59. The maximum Gasteiger partial charge on any atom is 0.269 e. The fourth-order valence-corrected chi connectivity index (χ4v) is 3.09. The molecule has 0 fully saturated rings. The van der Waals surface area contributed by atoms with E-state index >= 15 is 0 Å². The van der Waals surface area contributed by atoms with Gasteiger partial charge in [0.1, 0.15) is 11.8 Å². The van der Waals surface area contributed by atoms with E-state index in [2.05, 4.69) is 10.4 Å². The van der Waals surface area contributed by atoms with Gasteiger partial charge < -0.3 is 5.32 Å². The van der Waals surface area contributed by atoms with Crippen molar-refractivity contribution in [2.75, 3.05) is 5.32 Å². The van der Waals surface area contributed by atoms with Crippen LogP contribution in [0.1, 0.15) is 15.9 Å². The Kier molecular flexibility index (Phi) is 5.24. The summed E-state index contributed by atoms with van der Waals surface area (Å²) < 4.78 is 1.57. The summed E-state index contributed by atoms with van der Waals surface area (Å²) in [5.41, 5.74) is 2.61. The van der Waals surface area contributed by atoms with E-state index in [9.17, 15) is 20.2 Å². The standard InChI is InChI=1S/C23H15N5O3/c24-14-17-6-4-5-9-21(17)25-23(29)20-15-27(18-7-2-1-3-8-18)26-22(20)16-10-12-19(13-11-16)28(30)31/h1-13,15H,(H,25,29). The lowest BCUT2D eigenvalue weighted by molar-refractivity contribution is -0.384. The molecule has 0 saturated heterocycles. The maximum atomic E-state index is 13.1. The number of nitrogens with one attached hydrogen (secondary N) is 1. The van der Waals surface area contributed by atoms with Crippen molar-refractivity contribution < 1.29 is 9.72 Å². The Morgan fingerprint density at radius 3 is 2.35 bits per heavy atom. The quantitative estimate of drug-likeness (QED) is 0.383. The van der Waals surface area contributed by atoms with Crippen LogP contribution in [-0.2, 0) is 0 Å². The summed E-state index contributed by atoms with van der Waals surface area (Å²) >= 11 is 0. The average Bonchev–Trinajstić information content (AvgIpc) is 3.26. The third kappa shape index (κ3) is 4.02. The zero-order chi connectivity index (χ0) is 21.8. The number of aromatic nitrogens is 2. The number of anilines is 1. The first kappa shape index (κ1) is 19.5. The molecule has 1 aromatic heterocycles. The van der Waals surface area contributed by atoms with Crippen LogP contribution in [0.3, 0.4) is 0 Å². The highest BCUT2D eigenvalue weighted by atomic mass is 16.6. The van der Waals surface area contributed by atoms with E-state index in [1.165, 1.54) is 12.1 Å². The van der Waals surface area contributed by atoms with Gasteiger partial charge in [0.05, 0.1) is 27.4 Å². The highest BCUT2D eigenvalue weighted by Gasteiger charge is 2.20. The number of nitrogens with zero attached hydrogens (tertiary/aromatic N) is 4. The molecule has 1 amide bonds. The van der Waals surface area contributed by atoms with Crippen LogP contribution in [-0.4, -0.2) is 20.6 Å². The predicted octanol–water partition coefficient (Wildman–Crippen LogP) is 4.57. The highest BCUT2D eigenvalue weighted by molar-refractivity contribution is 6.08. The molecule has 0 spiro atoms. The molecule has 8 heteroatoms. The van der Waals surface area contributed by atoms with Crippen molar-refractivity contribution in [2.45, 2.75) is 0 Å². The minimum Gasteiger partial charge on any atom is -0.321 e. The number of carbonyl (C=O) groups is 1. The normalized spacial score (nSPS) is 10.3. The first-order chi connectivity index (χ1) is 15.1. The van der Waals surface area contributed by atoms with Crippen LogP contribution >= 0.6 is 0 Å². The summed E-state index contributed by atoms with van der Waals surface area (Å²) in [6.45, 7) is 0. The van der Waals surface area contributed by atoms with Crippen molar-refractivity contribution >= 4 is 17.3 Å². The molecule has 4 aromatic rings. The Morgan fingerprint density at radius 1 is 1.00 bits per heavy atom. The van der Waals surface area contributed by atoms with Gasteiger partial charge in [-0.2, -0.15) is 10.4 Å². The molecule has 1 N–H and O–H groups in total. The largest absolute Gasteiger partial charge is 0.321 e. The number of nitriles is 1. The lowest BCUT2D eigenvalue weighted by Gasteiger charge is -2.07. The van der Waals surface area contributed by atoms with Crippen molar-refractivity contribution in [3.8, 4) is 23.0 Å². The van der Waals surface area contributed by atoms with E-state index < -0.39 is 10.8 Å². The maximum absolute atomic E-state index is 13.1. The van der Waals surface area contributed by atoms with Gasteiger partial charge in [0, 0.05) is 23.9 Å². The van der Waals surface area contributed by atoms with Crippen LogP contribution in [0, 0.1) is 21.4 Å². The Bertz CT molecular complexity index is 1310. The van der Waals surface area contributed by atoms with Crippen molar-refractivity contribution in [3.05, 3.63) is 106 Å². The second-order valence-electron chi connectivity index (χ2n) is 6.59. The summed E-state index contributed by atoms with van der Waals surface area (Å²) in [5, 5.41) is 27.6. The molecule has 3 aromatic carbocycles. The molecular weight excluding hydrogens is 394 g/mol. The lowest BCUT2D eigenvalue weighted by Crippen LogP contribution is -2.13. The van der Waals surface area contributed by atoms with Crippen LogP contribution in [0.5, 0.6) is 0 Å². The number of amides is 1. The van der Waals surface area contributed by atoms with Crippen LogP contribution in [0.25, 0.3) is 16.9 Å². The van der Waals surface area contributed by atoms with Gasteiger partial charge in [-0.05, 0) is 36.4 Å². The summed E-state index contributed by atoms with van der Waals surface area (Å²) in [4.78, 5) is 23.6. The molecule has 4 rings (SSSR count). The monoisotopic (exact) mass is 409 g/mol. The number of nitro benzene ring substituents is 1. The van der Waals surface area contributed by atoms with E-state index in [4.69, 9.17) is 0 Å². The number of hydrogen-bond acceptors (Lipinski definition) is 5. The molecule has 0 aliphatic rings. The Morgan fingerprint density at radius 2 is 1.68 bits per heavy atom. The number of para-hydroxylation sites is 2. The minimum absolute atomic E-state index is 0.0554. The first-order valence-corrected chi connectivity index (χ1v) is 9.27. The van der Waals surface area contributed by atoms with Gasteiger partial charge in [0.2, 0.25) is 0 Å². The van der Waals surface area contributed by atoms with Gasteiger partial charge in [-0.15, -0.1) is 0 Å². The SMILES string of the molecule is N#Cc1ccccc1NC(=O)c1cn(-c2ccccc2)nc1-c1ccc([N+](=O)[O-])cc1. The Hall–Kier alpha value is -4.77. The van der Waals surface area contributed by atoms with Crippen molar-refractivity contribution in [3.63, 3.8) is 0 Å². The molecule has 31 heavy (non-hydrogen) atoms. The average molecular weight is 409 g/mol. The molecule has 0 aliphatic heterocycles. The zero-order valence-electron chi connectivity index (χ0n) is 16.1. The Labute approximate surface area is 177 Å². The van der Waals surface area contributed by atoms with Crippen LogP contribution in [0.4, 0.5) is 11.4 Å². The predicted molar refractivity (Wildman–Crippen MR) is 115 cm³/mol. The Balaban J connectivity index is 1.78. The van der Waals surface area contributed by atoms with Crippen molar-refractivity contribution in [1.82, 2.24) is 9.78 Å². The van der Waals surface area contributed by atoms with Gasteiger partial charge >= 0.3 is 0 Å². The number of carbonyl (C=O) groups excluding carboxylic acids is 1. The molecule has 0 aliphatic carbocycles. The summed E-state index contributed by atoms with van der Waals surface area (Å²) in [7, 11) is 0. The fourth-order valence-electron chi connectivity index (χ4n) is 3.09. The van der Waals surface area contributed by atoms with Crippen LogP contribution in [0.2, 0.25) is 0 Å². The van der Waals surface area contributed by atoms with E-state index in [1.807, 2.05) is 36.4 Å². The number of hydrogen-bond donors (Lipinski definition) is 1. The summed E-state index contributed by atoms with van der Waals surface area (Å²) in [6, 6.07) is 23.8. The van der Waals surface area contributed by atoms with Gasteiger partial charge in [-0.3, -0.25) is 14.9 Å². The second kappa shape index (κ2) is 8.31. The van der Waals surface area contributed by atoms with Crippen LogP contribution < -0.4 is 5.32 Å². The fraction of sp³-hybridized carbons (Fsp3) is 0. The van der Waals surface area contributed by atoms with Gasteiger partial charge in [-0.1, -0.05) is 30.3 Å². The first-order valence-electron chi connectivity index (χ1n) is 9.27. The minimum atomic E-state index is -0.487. The number of non-ortho nitro benzene ring substituents is 1. The molecule has 0 unspecified atom stereocenters. The molecule has 0 saturated carbocycles. The second-order valence-corrected chi connectivity index (χ2v) is 6.59. The van der Waals surface area contributed by atoms with E-state index in [0.717, 1.165) is 5.69 Å². The van der Waals surface area contributed by atoms with Gasteiger partial charge in [0.15, 0.2) is 0 Å². The van der Waals surface area contributed by atoms with Crippen molar-refractivity contribution in [1.29, 1.82) is 5.26 Å². The van der Waals surface area contributed by atoms with E-state index in [1.54, 1.807) is 47.3 Å². The number of nitro groups is 1. The molecule has 8 nitrogen and oxygen atoms in total.